The molecule has 0 bridgehead atoms. The second-order valence-corrected chi connectivity index (χ2v) is 20.4. The average Bonchev–Trinajstić information content (AvgIpc) is 3.27. The van der Waals surface area contributed by atoms with Gasteiger partial charge in [-0.25, -0.2) is 0 Å². The maximum absolute atomic E-state index is 15.2. The van der Waals surface area contributed by atoms with E-state index in [0.29, 0.717) is 0 Å². The van der Waals surface area contributed by atoms with Gasteiger partial charge in [-0.15, -0.1) is 10.5 Å². The molecular weight excluding hydrogens is 715 g/mol. The number of benzene rings is 8. The Morgan fingerprint density at radius 3 is 0.907 bits per heavy atom. The molecule has 1 unspecified atom stereocenters. The molecule has 262 valence electrons. The molecule has 0 saturated carbocycles. The molecule has 0 aliphatic heterocycles. The first-order valence-electron chi connectivity index (χ1n) is 17.9. The van der Waals surface area contributed by atoms with Gasteiger partial charge in [0.25, 0.3) is 0 Å². The largest absolute Gasteiger partial charge is 0.309 e. The second-order valence-electron chi connectivity index (χ2n) is 12.9. The fourth-order valence-corrected chi connectivity index (χ4v) is 14.6. The molecule has 5 heteroatoms. The molecule has 0 aliphatic carbocycles. The lowest BCUT2D eigenvalue weighted by Crippen LogP contribution is -2.25. The van der Waals surface area contributed by atoms with Gasteiger partial charge in [0.2, 0.25) is 0 Å². The minimum absolute atomic E-state index is 0.557. The molecule has 2 nitrogen and oxygen atoms in total. The highest BCUT2D eigenvalue weighted by Gasteiger charge is 2.31. The fourth-order valence-electron chi connectivity index (χ4n) is 6.98. The lowest BCUT2D eigenvalue weighted by molar-refractivity contribution is 0.591. The average molecular weight is 753 g/mol. The fraction of sp³-hybridized carbons (Fsp3) is 0. The van der Waals surface area contributed by atoms with Crippen molar-refractivity contribution < 1.29 is 9.13 Å². The predicted octanol–water partition coefficient (Wildman–Crippen LogP) is 9.92. The predicted molar refractivity (Wildman–Crippen MR) is 232 cm³/mol. The molecule has 0 N–H and O–H groups in total. The molecule has 8 rings (SSSR count). The first-order valence-corrected chi connectivity index (χ1v) is 22.6. The van der Waals surface area contributed by atoms with Crippen LogP contribution in [0.3, 0.4) is 0 Å². The van der Waals surface area contributed by atoms with E-state index in [9.17, 15) is 0 Å². The van der Waals surface area contributed by atoms with Crippen LogP contribution in [0.1, 0.15) is 11.1 Å². The lowest BCUT2D eigenvalue weighted by Gasteiger charge is -2.23. The topological polar surface area (TPSA) is 34.1 Å². The minimum Gasteiger partial charge on any atom is -0.309 e. The van der Waals surface area contributed by atoms with Crippen molar-refractivity contribution in [2.24, 2.45) is 0 Å². The standard InChI is InChI=1S/C49H38O2P2S/c50-52(41-21-9-2-10-22-41,42-23-11-3-12-24-42)45-33-31-40(32-34-45)49(39-19-7-1-8-20-39)54(47-29-17-6-18-30-47)48-37-35-46(36-38-48)53(51,43-25-13-4-14-26-43)44-27-15-5-16-28-44/h1-38H. The van der Waals surface area contributed by atoms with Gasteiger partial charge in [-0.3, -0.25) is 0 Å². The summed E-state index contributed by atoms with van der Waals surface area (Å²) in [5, 5.41) is 4.82. The van der Waals surface area contributed by atoms with Crippen LogP contribution < -0.4 is 31.8 Å². The summed E-state index contributed by atoms with van der Waals surface area (Å²) in [6.07, 6.45) is 0. The molecule has 0 aliphatic rings. The summed E-state index contributed by atoms with van der Waals surface area (Å²) in [4.78, 5) is 3.44. The van der Waals surface area contributed by atoms with E-state index < -0.39 is 24.8 Å². The van der Waals surface area contributed by atoms with Gasteiger partial charge in [0, 0.05) is 46.5 Å². The Morgan fingerprint density at radius 2 is 0.537 bits per heavy atom. The molecule has 0 aromatic heterocycles. The summed E-state index contributed by atoms with van der Waals surface area (Å²) in [6, 6.07) is 77.1. The summed E-state index contributed by atoms with van der Waals surface area (Å²) < 4.78 is 30.5. The SMILES string of the molecule is O=P(c1ccccc1)(c1ccccc1)c1ccc(C(c2ccccc2)=S(c2ccccc2)c2ccc(P(=O)(c3ccccc3)c3ccccc3)cc2)cc1. The highest BCUT2D eigenvalue weighted by atomic mass is 32.2. The molecular formula is C49H38O2P2S. The Kier molecular flexibility index (Phi) is 10.4. The van der Waals surface area contributed by atoms with Crippen LogP contribution in [0.25, 0.3) is 0 Å². The van der Waals surface area contributed by atoms with Gasteiger partial charge >= 0.3 is 0 Å². The van der Waals surface area contributed by atoms with Crippen LogP contribution in [0.15, 0.2) is 240 Å². The quantitative estimate of drug-likeness (QED) is 0.0792. The van der Waals surface area contributed by atoms with Gasteiger partial charge < -0.3 is 9.13 Å². The third-order valence-corrected chi connectivity index (χ3v) is 18.1. The Labute approximate surface area is 320 Å². The molecule has 0 spiro atoms. The van der Waals surface area contributed by atoms with Gasteiger partial charge in [-0.1, -0.05) is 194 Å². The Balaban J connectivity index is 1.32. The van der Waals surface area contributed by atoms with Crippen molar-refractivity contribution >= 4 is 61.5 Å². The summed E-state index contributed by atoms with van der Waals surface area (Å²) in [6.45, 7) is 0. The number of hydrogen-bond acceptors (Lipinski definition) is 2. The van der Waals surface area contributed by atoms with Gasteiger partial charge in [-0.2, -0.15) is 0 Å². The van der Waals surface area contributed by atoms with E-state index in [1.165, 1.54) is 4.90 Å². The molecule has 0 amide bonds. The highest BCUT2D eigenvalue weighted by molar-refractivity contribution is 8.16. The normalized spacial score (nSPS) is 12.5. The van der Waals surface area contributed by atoms with Crippen molar-refractivity contribution in [1.82, 2.24) is 0 Å². The van der Waals surface area contributed by atoms with E-state index in [2.05, 4.69) is 84.9 Å². The molecule has 8 aromatic carbocycles. The molecule has 0 heterocycles. The van der Waals surface area contributed by atoms with E-state index in [1.54, 1.807) is 0 Å². The van der Waals surface area contributed by atoms with E-state index in [0.717, 1.165) is 52.7 Å². The summed E-state index contributed by atoms with van der Waals surface area (Å²) in [7, 11) is -6.84. The van der Waals surface area contributed by atoms with Crippen LogP contribution >= 0.6 is 24.8 Å². The molecule has 0 radical (unpaired) electrons. The summed E-state index contributed by atoms with van der Waals surface area (Å²) >= 11 is 0. The molecule has 8 aromatic rings. The van der Waals surface area contributed by atoms with Crippen molar-refractivity contribution in [3.8, 4) is 0 Å². The lowest BCUT2D eigenvalue weighted by atomic mass is 10.1. The zero-order chi connectivity index (χ0) is 36.8. The van der Waals surface area contributed by atoms with Crippen LogP contribution in [0, 0.1) is 0 Å². The van der Waals surface area contributed by atoms with Gasteiger partial charge in [0.1, 0.15) is 0 Å². The van der Waals surface area contributed by atoms with Gasteiger partial charge in [0.15, 0.2) is 14.3 Å². The molecule has 0 saturated heterocycles. The first kappa shape index (κ1) is 35.5. The smallest absolute Gasteiger partial charge is 0.171 e. The van der Waals surface area contributed by atoms with Gasteiger partial charge in [0.05, 0.1) is 0 Å². The summed E-state index contributed by atoms with van der Waals surface area (Å²) in [5.74, 6) is 0. The molecule has 0 fully saturated rings. The van der Waals surface area contributed by atoms with Crippen LogP contribution in [-0.4, -0.2) is 4.86 Å². The van der Waals surface area contributed by atoms with E-state index in [4.69, 9.17) is 0 Å². The van der Waals surface area contributed by atoms with Crippen molar-refractivity contribution in [3.63, 3.8) is 0 Å². The summed E-state index contributed by atoms with van der Waals surface area (Å²) in [5.41, 5.74) is 2.16. The Morgan fingerprint density at radius 1 is 0.278 bits per heavy atom. The maximum atomic E-state index is 15.2. The van der Waals surface area contributed by atoms with Crippen LogP contribution in [0.5, 0.6) is 0 Å². The van der Waals surface area contributed by atoms with Crippen molar-refractivity contribution in [1.29, 1.82) is 0 Å². The van der Waals surface area contributed by atoms with Crippen LogP contribution in [0.4, 0.5) is 0 Å². The number of hydrogen-bond donors (Lipinski definition) is 0. The molecule has 54 heavy (non-hydrogen) atoms. The Hall–Kier alpha value is -5.56. The Bertz CT molecular complexity index is 2320. The monoisotopic (exact) mass is 752 g/mol. The third kappa shape index (κ3) is 6.84. The first-order chi connectivity index (χ1) is 26.6. The van der Waals surface area contributed by atoms with Crippen molar-refractivity contribution in [3.05, 3.63) is 242 Å². The maximum Gasteiger partial charge on any atom is 0.171 e. The van der Waals surface area contributed by atoms with Crippen molar-refractivity contribution in [2.45, 2.75) is 9.79 Å². The number of rotatable bonds is 10. The zero-order valence-electron chi connectivity index (χ0n) is 29.6. The second kappa shape index (κ2) is 15.8. The highest BCUT2D eigenvalue weighted by Crippen LogP contribution is 2.46. The van der Waals surface area contributed by atoms with Crippen LogP contribution in [-0.2, 0) is 9.13 Å². The van der Waals surface area contributed by atoms with E-state index in [1.807, 2.05) is 146 Å². The van der Waals surface area contributed by atoms with Crippen molar-refractivity contribution in [2.75, 3.05) is 0 Å². The van der Waals surface area contributed by atoms with Crippen LogP contribution in [0.2, 0.25) is 0 Å². The van der Waals surface area contributed by atoms with Gasteiger partial charge in [-0.05, 0) is 47.5 Å². The minimum atomic E-state index is -3.14. The molecule has 1 atom stereocenters. The van der Waals surface area contributed by atoms with E-state index >= 15 is 9.13 Å². The zero-order valence-corrected chi connectivity index (χ0v) is 32.2. The third-order valence-electron chi connectivity index (χ3n) is 9.63. The van der Waals surface area contributed by atoms with E-state index in [-0.39, 0.29) is 0 Å².